The third kappa shape index (κ3) is 5.26. The average molecular weight is 296 g/mol. The molecule has 20 heavy (non-hydrogen) atoms. The lowest BCUT2D eigenvalue weighted by Gasteiger charge is -2.36. The van der Waals surface area contributed by atoms with Crippen LogP contribution in [0.2, 0.25) is 0 Å². The number of nitrogens with two attached hydrogens (primary N) is 1. The van der Waals surface area contributed by atoms with Crippen molar-refractivity contribution in [1.82, 2.24) is 15.1 Å². The number of primary amides is 1. The molecule has 1 atom stereocenters. The second-order valence-corrected chi connectivity index (χ2v) is 5.43. The summed E-state index contributed by atoms with van der Waals surface area (Å²) < 4.78 is 36.8. The van der Waals surface area contributed by atoms with Crippen LogP contribution in [0.1, 0.15) is 13.3 Å². The Kier molecular flexibility index (Phi) is 5.79. The molecule has 5 nitrogen and oxygen atoms in total. The highest BCUT2D eigenvalue weighted by Gasteiger charge is 2.33. The molecule has 0 aromatic carbocycles. The van der Waals surface area contributed by atoms with E-state index < -0.39 is 24.2 Å². The molecule has 0 radical (unpaired) electrons. The third-order valence-corrected chi connectivity index (χ3v) is 3.89. The Morgan fingerprint density at radius 2 is 1.70 bits per heavy atom. The number of rotatable bonds is 6. The van der Waals surface area contributed by atoms with E-state index in [0.717, 1.165) is 0 Å². The topological polar surface area (TPSA) is 61.6 Å². The lowest BCUT2D eigenvalue weighted by molar-refractivity contribution is -0.149. The minimum atomic E-state index is -4.14. The van der Waals surface area contributed by atoms with Crippen LogP contribution in [0.4, 0.5) is 13.2 Å². The summed E-state index contributed by atoms with van der Waals surface area (Å²) in [7, 11) is 1.67. The molecule has 1 aliphatic heterocycles. The number of amides is 1. The first-order chi connectivity index (χ1) is 9.16. The van der Waals surface area contributed by atoms with Gasteiger partial charge in [-0.3, -0.25) is 9.69 Å². The largest absolute Gasteiger partial charge is 0.401 e. The van der Waals surface area contributed by atoms with Crippen LogP contribution in [-0.4, -0.2) is 73.7 Å². The number of nitrogens with zero attached hydrogens (tertiary/aromatic N) is 2. The van der Waals surface area contributed by atoms with E-state index in [9.17, 15) is 18.0 Å². The normalized spacial score (nSPS) is 21.6. The first kappa shape index (κ1) is 17.2. The number of hydrogen-bond donors (Lipinski definition) is 2. The Bertz CT molecular complexity index is 329. The van der Waals surface area contributed by atoms with Gasteiger partial charge in [-0.05, 0) is 20.4 Å². The molecule has 1 saturated heterocycles. The molecule has 3 N–H and O–H groups in total. The molecule has 0 aromatic heterocycles. The summed E-state index contributed by atoms with van der Waals surface area (Å²) in [5.41, 5.74) is 4.56. The van der Waals surface area contributed by atoms with E-state index in [1.165, 1.54) is 4.90 Å². The number of carbonyl (C=O) groups excluding carboxylic acids is 1. The van der Waals surface area contributed by atoms with Crippen LogP contribution >= 0.6 is 0 Å². The van der Waals surface area contributed by atoms with Gasteiger partial charge in [0.05, 0.1) is 12.1 Å². The van der Waals surface area contributed by atoms with Gasteiger partial charge in [-0.2, -0.15) is 13.2 Å². The van der Waals surface area contributed by atoms with Crippen molar-refractivity contribution in [2.24, 2.45) is 5.73 Å². The molecule has 118 valence electrons. The van der Waals surface area contributed by atoms with Gasteiger partial charge in [-0.25, -0.2) is 0 Å². The molecule has 1 unspecified atom stereocenters. The van der Waals surface area contributed by atoms with Crippen molar-refractivity contribution in [2.75, 3.05) is 46.3 Å². The Balaban J connectivity index is 2.34. The van der Waals surface area contributed by atoms with Crippen LogP contribution in [0.25, 0.3) is 0 Å². The fourth-order valence-electron chi connectivity index (χ4n) is 2.18. The summed E-state index contributed by atoms with van der Waals surface area (Å²) in [5, 5.41) is 2.90. The summed E-state index contributed by atoms with van der Waals surface area (Å²) in [6, 6.07) is 0. The molecule has 1 heterocycles. The van der Waals surface area contributed by atoms with Crippen LogP contribution in [-0.2, 0) is 4.79 Å². The van der Waals surface area contributed by atoms with E-state index in [1.807, 2.05) is 0 Å². The molecule has 0 spiro atoms. The SMILES string of the molecule is CNC(C)(CCN1CCN(CC(F)(F)F)CC1)C(N)=O. The van der Waals surface area contributed by atoms with Crippen molar-refractivity contribution >= 4 is 5.91 Å². The van der Waals surface area contributed by atoms with E-state index in [0.29, 0.717) is 39.1 Å². The predicted octanol–water partition coefficient (Wildman–Crippen LogP) is 0.0198. The van der Waals surface area contributed by atoms with Gasteiger partial charge in [0.15, 0.2) is 0 Å². The van der Waals surface area contributed by atoms with Crippen LogP contribution in [0.15, 0.2) is 0 Å². The van der Waals surface area contributed by atoms with Crippen molar-refractivity contribution < 1.29 is 18.0 Å². The zero-order valence-electron chi connectivity index (χ0n) is 12.0. The van der Waals surface area contributed by atoms with E-state index in [-0.39, 0.29) is 0 Å². The maximum Gasteiger partial charge on any atom is 0.401 e. The van der Waals surface area contributed by atoms with Gasteiger partial charge < -0.3 is 16.0 Å². The van der Waals surface area contributed by atoms with Gasteiger partial charge in [0, 0.05) is 32.7 Å². The number of alkyl halides is 3. The summed E-state index contributed by atoms with van der Waals surface area (Å²) in [6.07, 6.45) is -3.60. The van der Waals surface area contributed by atoms with Crippen LogP contribution < -0.4 is 11.1 Å². The van der Waals surface area contributed by atoms with Gasteiger partial charge in [-0.15, -0.1) is 0 Å². The number of piperazine rings is 1. The van der Waals surface area contributed by atoms with E-state index in [1.54, 1.807) is 14.0 Å². The van der Waals surface area contributed by atoms with Gasteiger partial charge in [0.25, 0.3) is 0 Å². The van der Waals surface area contributed by atoms with E-state index in [4.69, 9.17) is 5.73 Å². The minimum absolute atomic E-state index is 0.395. The third-order valence-electron chi connectivity index (χ3n) is 3.89. The molecule has 0 bridgehead atoms. The quantitative estimate of drug-likeness (QED) is 0.725. The smallest absolute Gasteiger partial charge is 0.368 e. The summed E-state index contributed by atoms with van der Waals surface area (Å²) >= 11 is 0. The molecule has 1 amide bonds. The Morgan fingerprint density at radius 1 is 1.20 bits per heavy atom. The maximum atomic E-state index is 12.3. The number of likely N-dealkylation sites (N-methyl/N-ethyl adjacent to an activating group) is 1. The van der Waals surface area contributed by atoms with Crippen molar-refractivity contribution in [3.05, 3.63) is 0 Å². The van der Waals surface area contributed by atoms with Crippen LogP contribution in [0, 0.1) is 0 Å². The highest BCUT2D eigenvalue weighted by molar-refractivity contribution is 5.84. The summed E-state index contributed by atoms with van der Waals surface area (Å²) in [5.74, 6) is -0.421. The average Bonchev–Trinajstić information content (AvgIpc) is 2.35. The highest BCUT2D eigenvalue weighted by Crippen LogP contribution is 2.18. The lowest BCUT2D eigenvalue weighted by atomic mass is 9.97. The molecule has 8 heteroatoms. The minimum Gasteiger partial charge on any atom is -0.368 e. The molecule has 0 saturated carbocycles. The standard InChI is InChI=1S/C12H23F3N4O/c1-11(17-2,10(16)20)3-4-18-5-7-19(8-6-18)9-12(13,14)15/h17H,3-9H2,1-2H3,(H2,16,20). The van der Waals surface area contributed by atoms with Gasteiger partial charge >= 0.3 is 6.18 Å². The van der Waals surface area contributed by atoms with Gasteiger partial charge in [0.1, 0.15) is 0 Å². The molecular weight excluding hydrogens is 273 g/mol. The highest BCUT2D eigenvalue weighted by atomic mass is 19.4. The lowest BCUT2D eigenvalue weighted by Crippen LogP contribution is -2.55. The Hall–Kier alpha value is -0.860. The molecule has 1 aliphatic rings. The number of hydrogen-bond acceptors (Lipinski definition) is 4. The van der Waals surface area contributed by atoms with Crippen molar-refractivity contribution in [1.29, 1.82) is 0 Å². The first-order valence-corrected chi connectivity index (χ1v) is 6.66. The predicted molar refractivity (Wildman–Crippen MR) is 70.2 cm³/mol. The summed E-state index contributed by atoms with van der Waals surface area (Å²) in [6.45, 7) is 3.47. The zero-order valence-corrected chi connectivity index (χ0v) is 12.0. The Morgan fingerprint density at radius 3 is 2.10 bits per heavy atom. The molecular formula is C12H23F3N4O. The monoisotopic (exact) mass is 296 g/mol. The molecule has 1 rings (SSSR count). The second-order valence-electron chi connectivity index (χ2n) is 5.43. The fraction of sp³-hybridized carbons (Fsp3) is 0.917. The fourth-order valence-corrected chi connectivity index (χ4v) is 2.18. The Labute approximate surface area is 117 Å². The van der Waals surface area contributed by atoms with Gasteiger partial charge in [0.2, 0.25) is 5.91 Å². The second kappa shape index (κ2) is 6.73. The van der Waals surface area contributed by atoms with Gasteiger partial charge in [-0.1, -0.05) is 0 Å². The van der Waals surface area contributed by atoms with Crippen molar-refractivity contribution in [3.8, 4) is 0 Å². The number of carbonyl (C=O) groups is 1. The number of halogens is 3. The molecule has 0 aliphatic carbocycles. The summed E-state index contributed by atoms with van der Waals surface area (Å²) in [4.78, 5) is 14.8. The molecule has 0 aromatic rings. The number of nitrogens with one attached hydrogen (secondary N) is 1. The zero-order chi connectivity index (χ0) is 15.4. The van der Waals surface area contributed by atoms with E-state index in [2.05, 4.69) is 10.2 Å². The first-order valence-electron chi connectivity index (χ1n) is 6.66. The van der Waals surface area contributed by atoms with Crippen LogP contribution in [0.5, 0.6) is 0 Å². The maximum absolute atomic E-state index is 12.3. The van der Waals surface area contributed by atoms with E-state index >= 15 is 0 Å². The van der Waals surface area contributed by atoms with Crippen molar-refractivity contribution in [3.63, 3.8) is 0 Å². The molecule has 1 fully saturated rings. The van der Waals surface area contributed by atoms with Crippen LogP contribution in [0.3, 0.4) is 0 Å². The van der Waals surface area contributed by atoms with Crippen molar-refractivity contribution in [2.45, 2.75) is 25.1 Å².